The molecule has 8 atom stereocenters. The quantitative estimate of drug-likeness (QED) is 0.219. The van der Waals surface area contributed by atoms with Crippen LogP contribution in [0.4, 0.5) is 13.2 Å². The SMILES string of the molecule is CCCCCCC1CCC(C2CCC(C(O)CCC3CCC(C4CCC(CCC)CC4)C(F)C3F)CC2)CC1F. The van der Waals surface area contributed by atoms with Crippen molar-refractivity contribution in [1.82, 2.24) is 0 Å². The Balaban J connectivity index is 1.13. The first kappa shape index (κ1) is 32.7. The summed E-state index contributed by atoms with van der Waals surface area (Å²) >= 11 is 0. The minimum Gasteiger partial charge on any atom is -0.393 e. The fraction of sp³-hybridized carbons (Fsp3) is 1.00. The van der Waals surface area contributed by atoms with E-state index in [-0.39, 0.29) is 23.7 Å². The van der Waals surface area contributed by atoms with E-state index in [1.807, 2.05) is 0 Å². The van der Waals surface area contributed by atoms with Gasteiger partial charge in [0.15, 0.2) is 0 Å². The summed E-state index contributed by atoms with van der Waals surface area (Å²) in [7, 11) is 0. The van der Waals surface area contributed by atoms with Crippen LogP contribution in [0.25, 0.3) is 0 Å². The standard InChI is InChI=1S/C36H63F3O/c1-3-5-6-7-9-28-16-19-31(24-33(28)37)26-14-17-29(18-15-26)34(40)23-21-30-20-22-32(36(39)35(30)38)27-12-10-25(8-4-2)11-13-27/h25-36,40H,3-24H2,1-2H3. The molecule has 234 valence electrons. The van der Waals surface area contributed by atoms with E-state index in [0.29, 0.717) is 30.6 Å². The summed E-state index contributed by atoms with van der Waals surface area (Å²) < 4.78 is 45.5. The molecule has 0 aromatic carbocycles. The number of rotatable bonds is 13. The zero-order valence-corrected chi connectivity index (χ0v) is 26.1. The molecule has 8 unspecified atom stereocenters. The van der Waals surface area contributed by atoms with Crippen molar-refractivity contribution in [2.45, 2.75) is 180 Å². The summed E-state index contributed by atoms with van der Waals surface area (Å²) in [4.78, 5) is 0. The molecule has 0 aliphatic heterocycles. The van der Waals surface area contributed by atoms with Gasteiger partial charge in [-0.05, 0) is 137 Å². The van der Waals surface area contributed by atoms with Crippen molar-refractivity contribution >= 4 is 0 Å². The smallest absolute Gasteiger partial charge is 0.134 e. The minimum atomic E-state index is -1.36. The Morgan fingerprint density at radius 3 is 1.95 bits per heavy atom. The Kier molecular flexibility index (Phi) is 13.5. The van der Waals surface area contributed by atoms with Gasteiger partial charge in [-0.2, -0.15) is 0 Å². The minimum absolute atomic E-state index is 0.0888. The fourth-order valence-electron chi connectivity index (χ4n) is 9.75. The van der Waals surface area contributed by atoms with E-state index in [2.05, 4.69) is 13.8 Å². The average molecular weight is 569 g/mol. The first-order valence-corrected chi connectivity index (χ1v) is 18.0. The van der Waals surface area contributed by atoms with E-state index in [1.165, 1.54) is 57.8 Å². The van der Waals surface area contributed by atoms with Crippen molar-refractivity contribution < 1.29 is 18.3 Å². The molecule has 4 heteroatoms. The van der Waals surface area contributed by atoms with Gasteiger partial charge in [0.05, 0.1) is 6.10 Å². The fourth-order valence-corrected chi connectivity index (χ4v) is 9.75. The van der Waals surface area contributed by atoms with Crippen LogP contribution in [0.5, 0.6) is 0 Å². The maximum absolute atomic E-state index is 15.3. The van der Waals surface area contributed by atoms with Gasteiger partial charge in [-0.25, -0.2) is 13.2 Å². The predicted octanol–water partition coefficient (Wildman–Crippen LogP) is 11.0. The second-order valence-electron chi connectivity index (χ2n) is 15.0. The van der Waals surface area contributed by atoms with Crippen molar-refractivity contribution in [3.05, 3.63) is 0 Å². The van der Waals surface area contributed by atoms with Gasteiger partial charge in [0.1, 0.15) is 18.5 Å². The summed E-state index contributed by atoms with van der Waals surface area (Å²) in [5.74, 6) is 2.54. The van der Waals surface area contributed by atoms with Crippen LogP contribution < -0.4 is 0 Å². The van der Waals surface area contributed by atoms with Crippen LogP contribution in [-0.2, 0) is 0 Å². The predicted molar refractivity (Wildman–Crippen MR) is 162 cm³/mol. The number of hydrogen-bond acceptors (Lipinski definition) is 1. The molecule has 0 aromatic heterocycles. The van der Waals surface area contributed by atoms with E-state index in [0.717, 1.165) is 76.5 Å². The molecule has 4 aliphatic carbocycles. The van der Waals surface area contributed by atoms with Gasteiger partial charge in [-0.3, -0.25) is 0 Å². The van der Waals surface area contributed by atoms with Gasteiger partial charge < -0.3 is 5.11 Å². The molecule has 40 heavy (non-hydrogen) atoms. The maximum Gasteiger partial charge on any atom is 0.134 e. The lowest BCUT2D eigenvalue weighted by Gasteiger charge is -2.42. The van der Waals surface area contributed by atoms with Crippen LogP contribution in [0.15, 0.2) is 0 Å². The van der Waals surface area contributed by atoms with Gasteiger partial charge in [0, 0.05) is 0 Å². The molecular formula is C36H63F3O. The zero-order chi connectivity index (χ0) is 28.5. The highest BCUT2D eigenvalue weighted by atomic mass is 19.2. The lowest BCUT2D eigenvalue weighted by Crippen LogP contribution is -2.42. The Labute approximate surface area is 245 Å². The summed E-state index contributed by atoms with van der Waals surface area (Å²) in [6.07, 6.45) is 19.4. The second kappa shape index (κ2) is 16.6. The molecule has 0 radical (unpaired) electrons. The van der Waals surface area contributed by atoms with Crippen molar-refractivity contribution in [2.24, 2.45) is 47.3 Å². The average Bonchev–Trinajstić information content (AvgIpc) is 2.97. The molecule has 4 rings (SSSR count). The van der Waals surface area contributed by atoms with Crippen molar-refractivity contribution in [2.75, 3.05) is 0 Å². The Morgan fingerprint density at radius 1 is 0.600 bits per heavy atom. The summed E-state index contributed by atoms with van der Waals surface area (Å²) in [6, 6.07) is 0. The van der Waals surface area contributed by atoms with Crippen LogP contribution in [0.3, 0.4) is 0 Å². The number of halogens is 3. The molecule has 4 fully saturated rings. The highest BCUT2D eigenvalue weighted by Gasteiger charge is 2.44. The lowest BCUT2D eigenvalue weighted by atomic mass is 9.66. The van der Waals surface area contributed by atoms with Gasteiger partial charge in [0.25, 0.3) is 0 Å². The summed E-state index contributed by atoms with van der Waals surface area (Å²) in [5.41, 5.74) is 0. The highest BCUT2D eigenvalue weighted by molar-refractivity contribution is 4.93. The molecule has 4 aliphatic rings. The van der Waals surface area contributed by atoms with E-state index in [1.54, 1.807) is 0 Å². The molecule has 0 amide bonds. The van der Waals surface area contributed by atoms with Crippen molar-refractivity contribution in [3.8, 4) is 0 Å². The van der Waals surface area contributed by atoms with E-state index in [4.69, 9.17) is 0 Å². The highest BCUT2D eigenvalue weighted by Crippen LogP contribution is 2.47. The van der Waals surface area contributed by atoms with Gasteiger partial charge in [-0.15, -0.1) is 0 Å². The van der Waals surface area contributed by atoms with Gasteiger partial charge in [0.2, 0.25) is 0 Å². The molecule has 0 bridgehead atoms. The topological polar surface area (TPSA) is 20.2 Å². The van der Waals surface area contributed by atoms with Crippen LogP contribution in [0, 0.1) is 47.3 Å². The molecule has 0 heterocycles. The largest absolute Gasteiger partial charge is 0.393 e. The van der Waals surface area contributed by atoms with Crippen molar-refractivity contribution in [3.63, 3.8) is 0 Å². The summed E-state index contributed by atoms with van der Waals surface area (Å²) in [5, 5.41) is 11.0. The molecule has 1 N–H and O–H groups in total. The molecule has 4 saturated carbocycles. The van der Waals surface area contributed by atoms with Crippen LogP contribution in [0.1, 0.15) is 155 Å². The number of aliphatic hydroxyl groups is 1. The summed E-state index contributed by atoms with van der Waals surface area (Å²) in [6.45, 7) is 4.46. The first-order chi connectivity index (χ1) is 19.4. The number of hydrogen-bond donors (Lipinski definition) is 1. The van der Waals surface area contributed by atoms with Gasteiger partial charge in [-0.1, -0.05) is 65.2 Å². The number of alkyl halides is 3. The van der Waals surface area contributed by atoms with Gasteiger partial charge >= 0.3 is 0 Å². The molecular weight excluding hydrogens is 505 g/mol. The Hall–Kier alpha value is -0.250. The Bertz CT molecular complexity index is 686. The number of unbranched alkanes of at least 4 members (excludes halogenated alkanes) is 3. The first-order valence-electron chi connectivity index (χ1n) is 18.0. The third-order valence-electron chi connectivity index (χ3n) is 12.5. The van der Waals surface area contributed by atoms with E-state index >= 15 is 8.78 Å². The normalized spacial score (nSPS) is 42.0. The molecule has 0 spiro atoms. The van der Waals surface area contributed by atoms with Crippen molar-refractivity contribution in [1.29, 1.82) is 0 Å². The maximum atomic E-state index is 15.3. The molecule has 0 saturated heterocycles. The third kappa shape index (κ3) is 8.89. The van der Waals surface area contributed by atoms with E-state index in [9.17, 15) is 9.50 Å². The molecule has 0 aromatic rings. The lowest BCUT2D eigenvalue weighted by molar-refractivity contribution is -0.0218. The monoisotopic (exact) mass is 568 g/mol. The zero-order valence-electron chi connectivity index (χ0n) is 26.1. The Morgan fingerprint density at radius 2 is 1.27 bits per heavy atom. The van der Waals surface area contributed by atoms with Crippen LogP contribution >= 0.6 is 0 Å². The second-order valence-corrected chi connectivity index (χ2v) is 15.0. The molecule has 1 nitrogen and oxygen atoms in total. The van der Waals surface area contributed by atoms with Crippen LogP contribution in [-0.4, -0.2) is 29.7 Å². The third-order valence-corrected chi connectivity index (χ3v) is 12.5. The number of aliphatic hydroxyl groups excluding tert-OH is 1. The van der Waals surface area contributed by atoms with E-state index < -0.39 is 24.6 Å². The van der Waals surface area contributed by atoms with Crippen LogP contribution in [0.2, 0.25) is 0 Å².